The Morgan fingerprint density at radius 3 is 2.76 bits per heavy atom. The average molecular weight is 454 g/mol. The number of H-pyrrole nitrogens is 1. The first-order valence-corrected chi connectivity index (χ1v) is 11.2. The number of piperidine rings is 1. The van der Waals surface area contributed by atoms with E-state index in [4.69, 9.17) is 4.42 Å². The standard InChI is InChI=1S/C26H23N5O3/c1-17-5-8-21-22(13-17)29-26(28-21)19(16-27)14-20-7-10-25(34-20)18-6-9-23(24(15-18)31(32)33)30-11-3-2-4-12-30/h5-10,13-15H,2-4,11-12H2,1H3,(H,28,29)/b19-14-. The molecule has 1 N–H and O–H groups in total. The molecule has 0 atom stereocenters. The number of nitrogens with one attached hydrogen (secondary N) is 1. The van der Waals surface area contributed by atoms with Crippen LogP contribution in [-0.2, 0) is 0 Å². The molecule has 1 aliphatic rings. The molecule has 170 valence electrons. The number of anilines is 1. The summed E-state index contributed by atoms with van der Waals surface area (Å²) in [5.41, 5.74) is 4.41. The summed E-state index contributed by atoms with van der Waals surface area (Å²) in [6.45, 7) is 3.65. The van der Waals surface area contributed by atoms with Crippen LogP contribution >= 0.6 is 0 Å². The first kappa shape index (κ1) is 21.5. The Balaban J connectivity index is 1.45. The summed E-state index contributed by atoms with van der Waals surface area (Å²) >= 11 is 0. The highest BCUT2D eigenvalue weighted by atomic mass is 16.6. The van der Waals surface area contributed by atoms with Gasteiger partial charge >= 0.3 is 0 Å². The number of rotatable bonds is 5. The summed E-state index contributed by atoms with van der Waals surface area (Å²) in [6.07, 6.45) is 4.85. The van der Waals surface area contributed by atoms with Gasteiger partial charge in [0.2, 0.25) is 0 Å². The lowest BCUT2D eigenvalue weighted by molar-refractivity contribution is -0.384. The highest BCUT2D eigenvalue weighted by Crippen LogP contribution is 2.35. The van der Waals surface area contributed by atoms with Crippen molar-refractivity contribution in [2.24, 2.45) is 0 Å². The van der Waals surface area contributed by atoms with Crippen LogP contribution in [0.2, 0.25) is 0 Å². The van der Waals surface area contributed by atoms with Crippen molar-refractivity contribution in [3.05, 3.63) is 75.8 Å². The Morgan fingerprint density at radius 1 is 1.18 bits per heavy atom. The van der Waals surface area contributed by atoms with Crippen LogP contribution in [0.5, 0.6) is 0 Å². The number of imidazole rings is 1. The number of aromatic amines is 1. The van der Waals surface area contributed by atoms with Gasteiger partial charge in [0.05, 0.1) is 21.5 Å². The van der Waals surface area contributed by atoms with Crippen molar-refractivity contribution >= 4 is 34.1 Å². The molecule has 2 aromatic carbocycles. The van der Waals surface area contributed by atoms with Crippen molar-refractivity contribution in [3.63, 3.8) is 0 Å². The minimum Gasteiger partial charge on any atom is -0.457 e. The van der Waals surface area contributed by atoms with E-state index in [-0.39, 0.29) is 10.6 Å². The third kappa shape index (κ3) is 4.16. The Morgan fingerprint density at radius 2 is 2.00 bits per heavy atom. The fourth-order valence-electron chi connectivity index (χ4n) is 4.36. The predicted octanol–water partition coefficient (Wildman–Crippen LogP) is 6.09. The summed E-state index contributed by atoms with van der Waals surface area (Å²) in [5, 5.41) is 21.5. The number of hydrogen-bond acceptors (Lipinski definition) is 6. The molecule has 4 aromatic rings. The normalized spacial score (nSPS) is 14.4. The van der Waals surface area contributed by atoms with Gasteiger partial charge in [-0.15, -0.1) is 0 Å². The van der Waals surface area contributed by atoms with Gasteiger partial charge in [-0.1, -0.05) is 6.07 Å². The summed E-state index contributed by atoms with van der Waals surface area (Å²) in [6, 6.07) is 16.7. The van der Waals surface area contributed by atoms with Crippen LogP contribution in [0.1, 0.15) is 36.4 Å². The molecule has 0 bridgehead atoms. The number of nitro benzene ring substituents is 1. The monoisotopic (exact) mass is 453 g/mol. The molecule has 1 aliphatic heterocycles. The molecule has 8 heteroatoms. The number of nitriles is 1. The van der Waals surface area contributed by atoms with E-state index in [9.17, 15) is 15.4 Å². The number of allylic oxidation sites excluding steroid dienone is 1. The van der Waals surface area contributed by atoms with E-state index in [1.54, 1.807) is 30.3 Å². The summed E-state index contributed by atoms with van der Waals surface area (Å²) in [4.78, 5) is 21.2. The average Bonchev–Trinajstić information content (AvgIpc) is 3.49. The quantitative estimate of drug-likeness (QED) is 0.222. The molecular weight excluding hydrogens is 430 g/mol. The van der Waals surface area contributed by atoms with Gasteiger partial charge in [0.25, 0.3) is 5.69 Å². The molecule has 0 amide bonds. The maximum atomic E-state index is 11.8. The molecule has 0 spiro atoms. The second-order valence-electron chi connectivity index (χ2n) is 8.49. The maximum absolute atomic E-state index is 11.8. The van der Waals surface area contributed by atoms with E-state index in [1.807, 2.05) is 31.2 Å². The van der Waals surface area contributed by atoms with Gasteiger partial charge in [-0.3, -0.25) is 10.1 Å². The van der Waals surface area contributed by atoms with Crippen LogP contribution < -0.4 is 4.90 Å². The van der Waals surface area contributed by atoms with Gasteiger partial charge in [0.15, 0.2) is 0 Å². The number of fused-ring (bicyclic) bond motifs is 1. The van der Waals surface area contributed by atoms with Crippen LogP contribution in [0, 0.1) is 28.4 Å². The smallest absolute Gasteiger partial charge is 0.293 e. The van der Waals surface area contributed by atoms with E-state index in [0.29, 0.717) is 34.2 Å². The van der Waals surface area contributed by atoms with Crippen molar-refractivity contribution in [1.29, 1.82) is 5.26 Å². The number of nitro groups is 1. The largest absolute Gasteiger partial charge is 0.457 e. The Bertz CT molecular complexity index is 1450. The molecule has 2 aromatic heterocycles. The van der Waals surface area contributed by atoms with Gasteiger partial charge in [0, 0.05) is 30.8 Å². The van der Waals surface area contributed by atoms with Gasteiger partial charge in [-0.2, -0.15) is 5.26 Å². The van der Waals surface area contributed by atoms with Crippen molar-refractivity contribution in [2.45, 2.75) is 26.2 Å². The van der Waals surface area contributed by atoms with Gasteiger partial charge in [-0.05, 0) is 68.1 Å². The second kappa shape index (κ2) is 8.87. The molecule has 5 rings (SSSR count). The zero-order chi connectivity index (χ0) is 23.7. The van der Waals surface area contributed by atoms with Crippen molar-refractivity contribution < 1.29 is 9.34 Å². The zero-order valence-corrected chi connectivity index (χ0v) is 18.7. The van der Waals surface area contributed by atoms with E-state index >= 15 is 0 Å². The topological polar surface area (TPSA) is 112 Å². The fourth-order valence-corrected chi connectivity index (χ4v) is 4.36. The number of aryl methyl sites for hydroxylation is 1. The van der Waals surface area contributed by atoms with Gasteiger partial charge < -0.3 is 14.3 Å². The summed E-state index contributed by atoms with van der Waals surface area (Å²) in [5.74, 6) is 1.42. The van der Waals surface area contributed by atoms with Crippen LogP contribution in [0.4, 0.5) is 11.4 Å². The highest BCUT2D eigenvalue weighted by molar-refractivity contribution is 5.90. The minimum absolute atomic E-state index is 0.0724. The summed E-state index contributed by atoms with van der Waals surface area (Å²) in [7, 11) is 0. The molecule has 0 aliphatic carbocycles. The van der Waals surface area contributed by atoms with Gasteiger partial charge in [0.1, 0.15) is 29.1 Å². The molecule has 3 heterocycles. The molecule has 0 unspecified atom stereocenters. The maximum Gasteiger partial charge on any atom is 0.293 e. The lowest BCUT2D eigenvalue weighted by Gasteiger charge is -2.28. The number of aromatic nitrogens is 2. The molecule has 1 fully saturated rings. The molecule has 1 saturated heterocycles. The van der Waals surface area contributed by atoms with Gasteiger partial charge in [-0.25, -0.2) is 4.98 Å². The second-order valence-corrected chi connectivity index (χ2v) is 8.49. The lowest BCUT2D eigenvalue weighted by Crippen LogP contribution is -2.29. The SMILES string of the molecule is Cc1ccc2nc(/C(C#N)=C\c3ccc(-c4ccc(N5CCCCC5)c([N+](=O)[O-])c4)o3)[nH]c2c1. The number of benzene rings is 2. The Kier molecular flexibility index (Phi) is 5.60. The van der Waals surface area contributed by atoms with Crippen LogP contribution in [0.15, 0.2) is 52.9 Å². The molecule has 0 saturated carbocycles. The molecule has 8 nitrogen and oxygen atoms in total. The Labute approximate surface area is 196 Å². The van der Waals surface area contributed by atoms with Crippen LogP contribution in [0.25, 0.3) is 34.0 Å². The lowest BCUT2D eigenvalue weighted by atomic mass is 10.1. The fraction of sp³-hybridized carbons (Fsp3) is 0.231. The first-order valence-electron chi connectivity index (χ1n) is 11.2. The van der Waals surface area contributed by atoms with E-state index < -0.39 is 0 Å². The minimum atomic E-state index is -0.339. The number of furan rings is 1. The Hall–Kier alpha value is -4.38. The molecular formula is C26H23N5O3. The zero-order valence-electron chi connectivity index (χ0n) is 18.7. The molecule has 34 heavy (non-hydrogen) atoms. The van der Waals surface area contributed by atoms with Crippen LogP contribution in [0.3, 0.4) is 0 Å². The number of hydrogen-bond donors (Lipinski definition) is 1. The van der Waals surface area contributed by atoms with Crippen molar-refractivity contribution in [3.8, 4) is 17.4 Å². The van der Waals surface area contributed by atoms with E-state index in [2.05, 4.69) is 20.9 Å². The first-order chi connectivity index (χ1) is 16.5. The van der Waals surface area contributed by atoms with Crippen LogP contribution in [-0.4, -0.2) is 28.0 Å². The highest BCUT2D eigenvalue weighted by Gasteiger charge is 2.22. The molecule has 0 radical (unpaired) electrons. The van der Waals surface area contributed by atoms with E-state index in [1.165, 1.54) is 0 Å². The third-order valence-electron chi connectivity index (χ3n) is 6.08. The predicted molar refractivity (Wildman–Crippen MR) is 131 cm³/mol. The van der Waals surface area contributed by atoms with E-state index in [0.717, 1.165) is 48.9 Å². The van der Waals surface area contributed by atoms with Crippen molar-refractivity contribution in [1.82, 2.24) is 9.97 Å². The number of nitrogens with zero attached hydrogens (tertiary/aromatic N) is 4. The van der Waals surface area contributed by atoms with Crippen molar-refractivity contribution in [2.75, 3.05) is 18.0 Å². The summed E-state index contributed by atoms with van der Waals surface area (Å²) < 4.78 is 5.93. The third-order valence-corrected chi connectivity index (χ3v) is 6.08.